The van der Waals surface area contributed by atoms with Crippen molar-refractivity contribution in [1.29, 1.82) is 0 Å². The molecule has 86 heavy (non-hydrogen) atoms. The minimum absolute atomic E-state index is 0.0226. The van der Waals surface area contributed by atoms with Gasteiger partial charge in [0.15, 0.2) is 0 Å². The summed E-state index contributed by atoms with van der Waals surface area (Å²) in [6.45, 7) is 24.4. The zero-order valence-corrected chi connectivity index (χ0v) is 53.8. The molecule has 6 aliphatic rings. The minimum Gasteiger partial charge on any atom is -0.370 e. The van der Waals surface area contributed by atoms with E-state index in [9.17, 15) is 14.4 Å². The van der Waals surface area contributed by atoms with Crippen molar-refractivity contribution in [1.82, 2.24) is 46.2 Å². The summed E-state index contributed by atoms with van der Waals surface area (Å²) >= 11 is 5.35. The molecule has 10 rings (SSSR count). The molecular weight excluding hydrogens is 1130 g/mol. The first-order valence-corrected chi connectivity index (χ1v) is 33.7. The van der Waals surface area contributed by atoms with Crippen LogP contribution in [0, 0.1) is 11.8 Å². The van der Waals surface area contributed by atoms with Gasteiger partial charge in [0.25, 0.3) is 17.7 Å². The van der Waals surface area contributed by atoms with E-state index < -0.39 is 0 Å². The molecular formula is C68H86N12O3S3. The second-order valence-electron chi connectivity index (χ2n) is 23.5. The van der Waals surface area contributed by atoms with Crippen LogP contribution in [0.3, 0.4) is 0 Å². The lowest BCUT2D eigenvalue weighted by Crippen LogP contribution is -2.52. The molecule has 0 radical (unpaired) electrons. The lowest BCUT2D eigenvalue weighted by molar-refractivity contribution is -0.117. The number of amidine groups is 3. The number of fused-ring (bicyclic) bond motifs is 5. The van der Waals surface area contributed by atoms with Crippen LogP contribution in [0.1, 0.15) is 111 Å². The monoisotopic (exact) mass is 1210 g/mol. The number of amides is 3. The Morgan fingerprint density at radius 2 is 1.45 bits per heavy atom. The molecule has 3 unspecified atom stereocenters. The normalized spacial score (nSPS) is 19.5. The van der Waals surface area contributed by atoms with Gasteiger partial charge in [0.1, 0.15) is 17.5 Å². The average Bonchev–Trinajstić information content (AvgIpc) is 3.05. The maximum Gasteiger partial charge on any atom is 0.251 e. The van der Waals surface area contributed by atoms with Crippen molar-refractivity contribution in [3.63, 3.8) is 0 Å². The van der Waals surface area contributed by atoms with Gasteiger partial charge in [-0.25, -0.2) is 9.98 Å². The highest BCUT2D eigenvalue weighted by Crippen LogP contribution is 2.46. The van der Waals surface area contributed by atoms with E-state index >= 15 is 0 Å². The molecule has 3 atom stereocenters. The maximum atomic E-state index is 14.0. The number of thioether (sulfide) groups is 1. The van der Waals surface area contributed by atoms with Gasteiger partial charge in [-0.1, -0.05) is 119 Å². The van der Waals surface area contributed by atoms with Crippen molar-refractivity contribution in [2.45, 2.75) is 105 Å². The largest absolute Gasteiger partial charge is 0.370 e. The van der Waals surface area contributed by atoms with Crippen LogP contribution in [0.5, 0.6) is 0 Å². The van der Waals surface area contributed by atoms with Crippen molar-refractivity contribution in [3.8, 4) is 0 Å². The summed E-state index contributed by atoms with van der Waals surface area (Å²) < 4.78 is 0. The van der Waals surface area contributed by atoms with Gasteiger partial charge in [-0.2, -0.15) is 0 Å². The second-order valence-corrected chi connectivity index (χ2v) is 26.8. The molecule has 5 N–H and O–H groups in total. The average molecular weight is 1220 g/mol. The molecule has 0 aromatic heterocycles. The Hall–Kier alpha value is -6.57. The number of hydrogen-bond acceptors (Lipinski definition) is 15. The summed E-state index contributed by atoms with van der Waals surface area (Å²) in [4.78, 5) is 71.5. The predicted molar refractivity (Wildman–Crippen MR) is 356 cm³/mol. The number of nitrogens with zero attached hydrogens (tertiary/aromatic N) is 7. The molecule has 15 nitrogen and oxygen atoms in total. The molecule has 1 aliphatic carbocycles. The van der Waals surface area contributed by atoms with Crippen LogP contribution in [0.25, 0.3) is 0 Å². The summed E-state index contributed by atoms with van der Waals surface area (Å²) in [7, 11) is 1.98. The first-order chi connectivity index (χ1) is 41.8. The zero-order valence-electron chi connectivity index (χ0n) is 51.4. The Bertz CT molecular complexity index is 3360. The smallest absolute Gasteiger partial charge is 0.251 e. The molecule has 2 fully saturated rings. The van der Waals surface area contributed by atoms with Gasteiger partial charge >= 0.3 is 0 Å². The standard InChI is InChI=1S/C68H86N12O3S3/c1-9-28-71-67(82)48-24-26-60-55(40-48)76-65(77(10-2)32-30-69-8)52-19-13-18-50(61(52)86-60)56-43-80(33-31-70-56)64-53-20-14-21-57(62(53)84-38-15-16-47(39-46(7)74-64)66(81)72-29-27-44(3)4)78-34-36-79(37-35-78)63-51-17-11-12-22-58(51)85-59-25-23-49(41-54(59)75-63)68(83)73-42-45(5)6/h11-13,15-26,39-41,44-46,56,62,69-70H,9-10,14,27-38,42-43H2,1-8H3,(H,71,82)(H,72,81)(H,73,83). The quantitative estimate of drug-likeness (QED) is 0.0723. The number of allylic oxidation sites excluding steroid dienone is 2. The number of rotatable bonds is 16. The van der Waals surface area contributed by atoms with E-state index in [1.807, 2.05) is 61.3 Å². The van der Waals surface area contributed by atoms with E-state index in [1.54, 1.807) is 23.5 Å². The summed E-state index contributed by atoms with van der Waals surface area (Å²) in [5.41, 5.74) is 9.34. The highest BCUT2D eigenvalue weighted by molar-refractivity contribution is 8.00. The highest BCUT2D eigenvalue weighted by atomic mass is 32.2. The van der Waals surface area contributed by atoms with Crippen LogP contribution in [-0.4, -0.2) is 164 Å². The number of hydrogen-bond donors (Lipinski definition) is 5. The fourth-order valence-electron chi connectivity index (χ4n) is 11.6. The van der Waals surface area contributed by atoms with E-state index in [0.717, 1.165) is 138 Å². The Morgan fingerprint density at radius 3 is 2.20 bits per heavy atom. The van der Waals surface area contributed by atoms with Crippen molar-refractivity contribution < 1.29 is 14.4 Å². The molecule has 4 aromatic carbocycles. The van der Waals surface area contributed by atoms with E-state index in [1.165, 1.54) is 16.8 Å². The van der Waals surface area contributed by atoms with Gasteiger partial charge in [0.05, 0.1) is 28.7 Å². The molecule has 18 heteroatoms. The van der Waals surface area contributed by atoms with Crippen LogP contribution in [-0.2, 0) is 4.79 Å². The van der Waals surface area contributed by atoms with Crippen LogP contribution in [0.15, 0.2) is 161 Å². The van der Waals surface area contributed by atoms with E-state index in [4.69, 9.17) is 15.0 Å². The molecule has 0 bridgehead atoms. The lowest BCUT2D eigenvalue weighted by atomic mass is 9.96. The molecule has 2 saturated heterocycles. The Balaban J connectivity index is 0.963. The topological polar surface area (TPSA) is 161 Å². The summed E-state index contributed by atoms with van der Waals surface area (Å²) in [6.07, 6.45) is 13.6. The third kappa shape index (κ3) is 14.9. The summed E-state index contributed by atoms with van der Waals surface area (Å²) in [5.74, 6) is 4.09. The third-order valence-corrected chi connectivity index (χ3v) is 19.8. The fourth-order valence-corrected chi connectivity index (χ4v) is 15.0. The van der Waals surface area contributed by atoms with Crippen molar-refractivity contribution in [2.75, 3.05) is 97.9 Å². The van der Waals surface area contributed by atoms with Gasteiger partial charge in [0, 0.05) is 150 Å². The van der Waals surface area contributed by atoms with E-state index in [-0.39, 0.29) is 35.1 Å². The van der Waals surface area contributed by atoms with E-state index in [0.29, 0.717) is 60.5 Å². The highest BCUT2D eigenvalue weighted by Gasteiger charge is 2.37. The minimum atomic E-state index is -0.307. The van der Waals surface area contributed by atoms with Gasteiger partial charge in [-0.15, -0.1) is 11.8 Å². The van der Waals surface area contributed by atoms with Gasteiger partial charge in [-0.05, 0) is 106 Å². The Kier molecular flexibility index (Phi) is 21.4. The number of carbonyl (C=O) groups is 3. The van der Waals surface area contributed by atoms with Gasteiger partial charge in [0.2, 0.25) is 0 Å². The number of benzene rings is 4. The van der Waals surface area contributed by atoms with Crippen LogP contribution >= 0.6 is 35.3 Å². The Labute approximate surface area is 522 Å². The molecule has 454 valence electrons. The van der Waals surface area contributed by atoms with Gasteiger partial charge in [-0.3, -0.25) is 19.4 Å². The predicted octanol–water partition coefficient (Wildman–Crippen LogP) is 10.9. The first-order valence-electron chi connectivity index (χ1n) is 31.0. The zero-order chi connectivity index (χ0) is 60.3. The summed E-state index contributed by atoms with van der Waals surface area (Å²) in [6, 6.07) is 26.7. The van der Waals surface area contributed by atoms with E-state index in [2.05, 4.69) is 161 Å². The van der Waals surface area contributed by atoms with Gasteiger partial charge < -0.3 is 46.2 Å². The van der Waals surface area contributed by atoms with Crippen molar-refractivity contribution in [2.24, 2.45) is 26.8 Å². The number of carbonyl (C=O) groups excluding carboxylic acids is 3. The van der Waals surface area contributed by atoms with Crippen molar-refractivity contribution in [3.05, 3.63) is 154 Å². The number of nitrogens with one attached hydrogen (secondary N) is 5. The van der Waals surface area contributed by atoms with Crippen LogP contribution in [0.4, 0.5) is 11.4 Å². The van der Waals surface area contributed by atoms with Crippen LogP contribution < -0.4 is 26.6 Å². The fraction of sp³-hybridized carbons (Fsp3) is 0.441. The van der Waals surface area contributed by atoms with Crippen molar-refractivity contribution >= 4 is 81.9 Å². The SMILES string of the molecule is CCCNC(=O)c1ccc2c(c1)N=C(N(CC)CCNC)c1cccc(C3CN(C4=NC(C)C=C(C(=O)NCCC(C)C)C=CCSC5C4=CCC=C5N4CCN(C5=Nc6cc(C(=O)NCC(C)C)ccc6Sc6ccccc65)CC4)CCN3)c1S2. The number of likely N-dealkylation sites (N-methyl/N-ethyl adjacent to an activating group) is 2. The molecule has 5 aliphatic heterocycles. The maximum absolute atomic E-state index is 14.0. The second kappa shape index (κ2) is 29.4. The van der Waals surface area contributed by atoms with Crippen LogP contribution in [0.2, 0.25) is 0 Å². The third-order valence-electron chi connectivity index (χ3n) is 16.2. The molecule has 3 amide bonds. The first kappa shape index (κ1) is 62.5. The molecule has 0 saturated carbocycles. The molecule has 5 heterocycles. The summed E-state index contributed by atoms with van der Waals surface area (Å²) in [5, 5.41) is 16.7. The molecule has 0 spiro atoms. The number of aliphatic imine (C=N–C) groups is 3. The Morgan fingerprint density at radius 1 is 0.733 bits per heavy atom. The molecule has 4 aromatic rings. The lowest BCUT2D eigenvalue weighted by Gasteiger charge is -2.43. The number of piperazine rings is 2.